The zero-order chi connectivity index (χ0) is 14.4. The van der Waals surface area contributed by atoms with Crippen LogP contribution in [-0.4, -0.2) is 19.0 Å². The van der Waals surface area contributed by atoms with Crippen molar-refractivity contribution in [1.82, 2.24) is 10.6 Å². The number of benzene rings is 1. The molecule has 0 heterocycles. The molecule has 0 aliphatic rings. The number of nitrogens with one attached hydrogen (secondary N) is 2. The molecule has 5 heteroatoms. The first-order chi connectivity index (χ1) is 8.90. The van der Waals surface area contributed by atoms with E-state index in [4.69, 9.17) is 0 Å². The molecule has 3 nitrogen and oxygen atoms in total. The first-order valence-corrected chi connectivity index (χ1v) is 7.14. The highest BCUT2D eigenvalue weighted by atomic mass is 79.9. The molecule has 0 radical (unpaired) electrons. The van der Waals surface area contributed by atoms with E-state index in [1.807, 2.05) is 20.8 Å². The molecule has 0 saturated heterocycles. The van der Waals surface area contributed by atoms with Gasteiger partial charge in [-0.2, -0.15) is 0 Å². The predicted octanol–water partition coefficient (Wildman–Crippen LogP) is 3.01. The molecule has 0 aromatic heterocycles. The van der Waals surface area contributed by atoms with Gasteiger partial charge in [0.15, 0.2) is 0 Å². The lowest BCUT2D eigenvalue weighted by Crippen LogP contribution is -2.36. The van der Waals surface area contributed by atoms with E-state index in [0.717, 1.165) is 5.56 Å². The van der Waals surface area contributed by atoms with Crippen LogP contribution in [0.4, 0.5) is 4.39 Å². The smallest absolute Gasteiger partial charge is 0.233 e. The first kappa shape index (κ1) is 16.1. The van der Waals surface area contributed by atoms with Gasteiger partial charge in [-0.15, -0.1) is 0 Å². The minimum absolute atomic E-state index is 0.0123. The van der Waals surface area contributed by atoms with Gasteiger partial charge in [-0.1, -0.05) is 19.9 Å². The summed E-state index contributed by atoms with van der Waals surface area (Å²) in [4.78, 5) is 11.6. The Labute approximate surface area is 122 Å². The maximum absolute atomic E-state index is 13.1. The second-order valence-electron chi connectivity index (χ2n) is 4.97. The zero-order valence-electron chi connectivity index (χ0n) is 11.5. The quantitative estimate of drug-likeness (QED) is 0.841. The Bertz CT molecular complexity index is 437. The van der Waals surface area contributed by atoms with Crippen LogP contribution in [0.1, 0.15) is 32.4 Å². The molecule has 0 aliphatic heterocycles. The molecule has 1 unspecified atom stereocenters. The average Bonchev–Trinajstić information content (AvgIpc) is 2.36. The van der Waals surface area contributed by atoms with Gasteiger partial charge < -0.3 is 10.6 Å². The van der Waals surface area contributed by atoms with Crippen LogP contribution < -0.4 is 10.6 Å². The van der Waals surface area contributed by atoms with Gasteiger partial charge in [-0.25, -0.2) is 4.39 Å². The molecular weight excluding hydrogens is 311 g/mol. The van der Waals surface area contributed by atoms with Crippen molar-refractivity contribution in [3.8, 4) is 0 Å². The summed E-state index contributed by atoms with van der Waals surface area (Å²) in [6.07, 6.45) is 0. The fourth-order valence-electron chi connectivity index (χ4n) is 1.53. The van der Waals surface area contributed by atoms with Gasteiger partial charge in [0.25, 0.3) is 0 Å². The SMILES string of the molecule is CC(C)CNC(=O)CNC(C)c1ccc(F)c(Br)c1. The predicted molar refractivity (Wildman–Crippen MR) is 78.4 cm³/mol. The van der Waals surface area contributed by atoms with Gasteiger partial charge in [0.05, 0.1) is 11.0 Å². The second kappa shape index (κ2) is 7.60. The topological polar surface area (TPSA) is 41.1 Å². The molecule has 106 valence electrons. The van der Waals surface area contributed by atoms with E-state index < -0.39 is 0 Å². The summed E-state index contributed by atoms with van der Waals surface area (Å²) in [5.74, 6) is 0.127. The van der Waals surface area contributed by atoms with Crippen molar-refractivity contribution in [2.45, 2.75) is 26.8 Å². The molecule has 0 spiro atoms. The number of hydrogen-bond donors (Lipinski definition) is 2. The van der Waals surface area contributed by atoms with Crippen LogP contribution in [0.3, 0.4) is 0 Å². The maximum atomic E-state index is 13.1. The second-order valence-corrected chi connectivity index (χ2v) is 5.83. The highest BCUT2D eigenvalue weighted by molar-refractivity contribution is 9.10. The number of hydrogen-bond acceptors (Lipinski definition) is 2. The maximum Gasteiger partial charge on any atom is 0.233 e. The Morgan fingerprint density at radius 1 is 1.37 bits per heavy atom. The number of carbonyl (C=O) groups excluding carboxylic acids is 1. The van der Waals surface area contributed by atoms with Crippen molar-refractivity contribution < 1.29 is 9.18 Å². The summed E-state index contributed by atoms with van der Waals surface area (Å²) in [5, 5.41) is 5.95. The third kappa shape index (κ3) is 5.70. The Morgan fingerprint density at radius 2 is 2.05 bits per heavy atom. The lowest BCUT2D eigenvalue weighted by molar-refractivity contribution is -0.120. The summed E-state index contributed by atoms with van der Waals surface area (Å²) in [7, 11) is 0. The zero-order valence-corrected chi connectivity index (χ0v) is 13.1. The highest BCUT2D eigenvalue weighted by Gasteiger charge is 2.09. The number of rotatable bonds is 6. The molecule has 0 bridgehead atoms. The van der Waals surface area contributed by atoms with E-state index in [1.165, 1.54) is 6.07 Å². The summed E-state index contributed by atoms with van der Waals surface area (Å²) < 4.78 is 13.6. The van der Waals surface area contributed by atoms with Crippen LogP contribution in [0, 0.1) is 11.7 Å². The van der Waals surface area contributed by atoms with Crippen molar-refractivity contribution in [3.05, 3.63) is 34.1 Å². The van der Waals surface area contributed by atoms with Gasteiger partial charge in [-0.3, -0.25) is 4.79 Å². The number of halogens is 2. The molecule has 1 rings (SSSR count). The molecule has 0 saturated carbocycles. The molecule has 0 fully saturated rings. The van der Waals surface area contributed by atoms with Crippen molar-refractivity contribution in [2.24, 2.45) is 5.92 Å². The van der Waals surface area contributed by atoms with E-state index in [9.17, 15) is 9.18 Å². The largest absolute Gasteiger partial charge is 0.355 e. The van der Waals surface area contributed by atoms with Crippen molar-refractivity contribution in [3.63, 3.8) is 0 Å². The summed E-state index contributed by atoms with van der Waals surface area (Å²) in [5.41, 5.74) is 0.935. The summed E-state index contributed by atoms with van der Waals surface area (Å²) >= 11 is 3.15. The van der Waals surface area contributed by atoms with E-state index >= 15 is 0 Å². The van der Waals surface area contributed by atoms with Crippen LogP contribution in [-0.2, 0) is 4.79 Å². The minimum Gasteiger partial charge on any atom is -0.355 e. The minimum atomic E-state index is -0.286. The van der Waals surface area contributed by atoms with E-state index in [2.05, 4.69) is 26.6 Å². The average molecular weight is 331 g/mol. The first-order valence-electron chi connectivity index (χ1n) is 6.35. The molecular formula is C14H20BrFN2O. The Kier molecular flexibility index (Phi) is 6.45. The van der Waals surface area contributed by atoms with Gasteiger partial charge >= 0.3 is 0 Å². The van der Waals surface area contributed by atoms with Gasteiger partial charge in [0.2, 0.25) is 5.91 Å². The third-order valence-electron chi connectivity index (χ3n) is 2.72. The van der Waals surface area contributed by atoms with Crippen LogP contribution >= 0.6 is 15.9 Å². The standard InChI is InChI=1S/C14H20BrFN2O/c1-9(2)7-18-14(19)8-17-10(3)11-4-5-13(16)12(15)6-11/h4-6,9-10,17H,7-8H2,1-3H3,(H,18,19). The fraction of sp³-hybridized carbons (Fsp3) is 0.500. The molecule has 19 heavy (non-hydrogen) atoms. The molecule has 1 aromatic carbocycles. The van der Waals surface area contributed by atoms with Crippen LogP contribution in [0.2, 0.25) is 0 Å². The normalized spacial score (nSPS) is 12.5. The Hall–Kier alpha value is -0.940. The number of amides is 1. The fourth-order valence-corrected chi connectivity index (χ4v) is 1.92. The van der Waals surface area contributed by atoms with Crippen LogP contribution in [0.15, 0.2) is 22.7 Å². The highest BCUT2D eigenvalue weighted by Crippen LogP contribution is 2.20. The van der Waals surface area contributed by atoms with E-state index in [0.29, 0.717) is 16.9 Å². The van der Waals surface area contributed by atoms with Gasteiger partial charge in [0.1, 0.15) is 5.82 Å². The van der Waals surface area contributed by atoms with Crippen LogP contribution in [0.25, 0.3) is 0 Å². The molecule has 0 aliphatic carbocycles. The van der Waals surface area contributed by atoms with Crippen molar-refractivity contribution in [1.29, 1.82) is 0 Å². The summed E-state index contributed by atoms with van der Waals surface area (Å²) in [6.45, 7) is 6.97. The van der Waals surface area contributed by atoms with Crippen LogP contribution in [0.5, 0.6) is 0 Å². The molecule has 1 amide bonds. The monoisotopic (exact) mass is 330 g/mol. The van der Waals surface area contributed by atoms with Gasteiger partial charge in [0, 0.05) is 12.6 Å². The van der Waals surface area contributed by atoms with Crippen molar-refractivity contribution >= 4 is 21.8 Å². The van der Waals surface area contributed by atoms with Gasteiger partial charge in [-0.05, 0) is 46.5 Å². The third-order valence-corrected chi connectivity index (χ3v) is 3.33. The molecule has 1 aromatic rings. The Balaban J connectivity index is 2.44. The Morgan fingerprint density at radius 3 is 2.63 bits per heavy atom. The molecule has 2 N–H and O–H groups in total. The van der Waals surface area contributed by atoms with E-state index in [-0.39, 0.29) is 24.3 Å². The lowest BCUT2D eigenvalue weighted by atomic mass is 10.1. The van der Waals surface area contributed by atoms with E-state index in [1.54, 1.807) is 12.1 Å². The van der Waals surface area contributed by atoms with Crippen molar-refractivity contribution in [2.75, 3.05) is 13.1 Å². The summed E-state index contributed by atoms with van der Waals surface area (Å²) in [6, 6.07) is 4.83. The lowest BCUT2D eigenvalue weighted by Gasteiger charge is -2.15. The molecule has 1 atom stereocenters. The number of carbonyl (C=O) groups is 1.